The summed E-state index contributed by atoms with van der Waals surface area (Å²) in [5.74, 6) is -0.621. The fourth-order valence-corrected chi connectivity index (χ4v) is 2.80. The van der Waals surface area contributed by atoms with E-state index in [1.807, 2.05) is 19.9 Å². The first kappa shape index (κ1) is 15.9. The average Bonchev–Trinajstić information content (AvgIpc) is 2.37. The fraction of sp³-hybridized carbons (Fsp3) is 0.733. The molecule has 4 heteroatoms. The van der Waals surface area contributed by atoms with E-state index in [1.165, 1.54) is 6.92 Å². The van der Waals surface area contributed by atoms with Gasteiger partial charge in [0, 0.05) is 18.8 Å². The maximum absolute atomic E-state index is 12.5. The number of rotatable bonds is 4. The van der Waals surface area contributed by atoms with Crippen molar-refractivity contribution < 1.29 is 19.4 Å². The number of carbonyl (C=O) groups excluding carboxylic acids is 2. The minimum atomic E-state index is -1.67. The zero-order valence-electron chi connectivity index (χ0n) is 12.6. The van der Waals surface area contributed by atoms with Crippen LogP contribution in [0.25, 0.3) is 0 Å². The Hall–Kier alpha value is -1.16. The summed E-state index contributed by atoms with van der Waals surface area (Å²) in [6.45, 7) is 10.5. The number of hydrogen-bond acceptors (Lipinski definition) is 4. The third kappa shape index (κ3) is 2.73. The molecule has 19 heavy (non-hydrogen) atoms. The van der Waals surface area contributed by atoms with Crippen LogP contribution in [0, 0.1) is 11.3 Å². The molecule has 0 fully saturated rings. The number of aliphatic hydroxyl groups is 1. The van der Waals surface area contributed by atoms with E-state index < -0.39 is 23.1 Å². The summed E-state index contributed by atoms with van der Waals surface area (Å²) in [7, 11) is 0. The van der Waals surface area contributed by atoms with Crippen molar-refractivity contribution in [1.29, 1.82) is 0 Å². The lowest BCUT2D eigenvalue weighted by molar-refractivity contribution is -0.174. The van der Waals surface area contributed by atoms with E-state index in [0.717, 1.165) is 5.57 Å². The van der Waals surface area contributed by atoms with Crippen molar-refractivity contribution in [3.63, 3.8) is 0 Å². The standard InChI is InChI=1S/C15H24O4/c1-9(2)7-12(17)15(18)13(19-11(4)16)10(3)8-14(15,5)6/h8-9,13,18H,7H2,1-6H3. The van der Waals surface area contributed by atoms with E-state index in [4.69, 9.17) is 4.74 Å². The largest absolute Gasteiger partial charge is 0.454 e. The number of ketones is 1. The molecule has 1 aliphatic rings. The minimum absolute atomic E-state index is 0.145. The second-order valence-electron chi connectivity index (χ2n) is 6.39. The van der Waals surface area contributed by atoms with Crippen molar-refractivity contribution in [1.82, 2.24) is 0 Å². The van der Waals surface area contributed by atoms with Crippen molar-refractivity contribution >= 4 is 11.8 Å². The number of ether oxygens (including phenoxy) is 1. The molecular weight excluding hydrogens is 244 g/mol. The molecule has 0 saturated heterocycles. The molecule has 2 unspecified atom stereocenters. The molecule has 0 heterocycles. The van der Waals surface area contributed by atoms with Gasteiger partial charge in [-0.05, 0) is 18.4 Å². The molecule has 0 radical (unpaired) electrons. The van der Waals surface area contributed by atoms with E-state index in [9.17, 15) is 14.7 Å². The van der Waals surface area contributed by atoms with Crippen LogP contribution in [-0.2, 0) is 14.3 Å². The van der Waals surface area contributed by atoms with Crippen LogP contribution in [0.1, 0.15) is 48.0 Å². The lowest BCUT2D eigenvalue weighted by atomic mass is 9.72. The van der Waals surface area contributed by atoms with Gasteiger partial charge in [0.1, 0.15) is 0 Å². The lowest BCUT2D eigenvalue weighted by Gasteiger charge is -2.39. The van der Waals surface area contributed by atoms with Gasteiger partial charge >= 0.3 is 5.97 Å². The second-order valence-corrected chi connectivity index (χ2v) is 6.39. The summed E-state index contributed by atoms with van der Waals surface area (Å²) >= 11 is 0. The Morgan fingerprint density at radius 2 is 1.95 bits per heavy atom. The van der Waals surface area contributed by atoms with Crippen LogP contribution < -0.4 is 0 Å². The van der Waals surface area contributed by atoms with Crippen molar-refractivity contribution in [2.45, 2.75) is 59.7 Å². The molecule has 0 aliphatic heterocycles. The Morgan fingerprint density at radius 1 is 1.42 bits per heavy atom. The molecule has 1 aliphatic carbocycles. The summed E-state index contributed by atoms with van der Waals surface area (Å²) in [6.07, 6.45) is 1.20. The fourth-order valence-electron chi connectivity index (χ4n) is 2.80. The highest BCUT2D eigenvalue weighted by atomic mass is 16.6. The van der Waals surface area contributed by atoms with Crippen LogP contribution in [0.2, 0.25) is 0 Å². The monoisotopic (exact) mass is 268 g/mol. The molecule has 4 nitrogen and oxygen atoms in total. The molecule has 0 aromatic heterocycles. The highest BCUT2D eigenvalue weighted by Gasteiger charge is 2.59. The van der Waals surface area contributed by atoms with Gasteiger partial charge in [0.05, 0.1) is 0 Å². The number of Topliss-reactive ketones (excluding diaryl/α,β-unsaturated/α-hetero) is 1. The molecule has 1 rings (SSSR count). The molecule has 108 valence electrons. The van der Waals surface area contributed by atoms with Crippen molar-refractivity contribution in [2.24, 2.45) is 11.3 Å². The molecule has 0 saturated carbocycles. The van der Waals surface area contributed by atoms with Crippen LogP contribution in [0.5, 0.6) is 0 Å². The van der Waals surface area contributed by atoms with Gasteiger partial charge in [0.2, 0.25) is 0 Å². The predicted molar refractivity (Wildman–Crippen MR) is 72.5 cm³/mol. The highest BCUT2D eigenvalue weighted by Crippen LogP contribution is 2.47. The molecule has 1 N–H and O–H groups in total. The first-order valence-corrected chi connectivity index (χ1v) is 6.64. The smallest absolute Gasteiger partial charge is 0.303 e. The summed E-state index contributed by atoms with van der Waals surface area (Å²) < 4.78 is 5.20. The summed E-state index contributed by atoms with van der Waals surface area (Å²) in [5, 5.41) is 10.9. The summed E-state index contributed by atoms with van der Waals surface area (Å²) in [5.41, 5.74) is -1.70. The van der Waals surface area contributed by atoms with Crippen LogP contribution >= 0.6 is 0 Å². The quantitative estimate of drug-likeness (QED) is 0.627. The van der Waals surface area contributed by atoms with E-state index in [2.05, 4.69) is 0 Å². The van der Waals surface area contributed by atoms with E-state index >= 15 is 0 Å². The van der Waals surface area contributed by atoms with Gasteiger partial charge in [-0.1, -0.05) is 33.8 Å². The average molecular weight is 268 g/mol. The molecule has 0 aromatic carbocycles. The first-order chi connectivity index (χ1) is 8.52. The number of hydrogen-bond donors (Lipinski definition) is 1. The summed E-state index contributed by atoms with van der Waals surface area (Å²) in [6, 6.07) is 0. The van der Waals surface area contributed by atoms with Gasteiger partial charge < -0.3 is 9.84 Å². The molecule has 0 spiro atoms. The van der Waals surface area contributed by atoms with Crippen molar-refractivity contribution in [2.75, 3.05) is 0 Å². The number of esters is 1. The third-order valence-corrected chi connectivity index (χ3v) is 3.67. The third-order valence-electron chi connectivity index (χ3n) is 3.67. The topological polar surface area (TPSA) is 63.6 Å². The maximum Gasteiger partial charge on any atom is 0.303 e. The predicted octanol–water partition coefficient (Wildman–Crippen LogP) is 2.25. The zero-order chi connectivity index (χ0) is 15.0. The molecule has 2 atom stereocenters. The Balaban J connectivity index is 3.17. The molecule has 0 bridgehead atoms. The SMILES string of the molecule is CC(=O)OC1C(C)=CC(C)(C)C1(O)C(=O)CC(C)C. The van der Waals surface area contributed by atoms with Crippen molar-refractivity contribution in [3.05, 3.63) is 11.6 Å². The maximum atomic E-state index is 12.5. The Labute approximate surface area is 114 Å². The van der Waals surface area contributed by atoms with Gasteiger partial charge in [-0.15, -0.1) is 0 Å². The Morgan fingerprint density at radius 3 is 2.37 bits per heavy atom. The van der Waals surface area contributed by atoms with Crippen LogP contribution in [0.3, 0.4) is 0 Å². The van der Waals surface area contributed by atoms with E-state index in [1.54, 1.807) is 20.8 Å². The van der Waals surface area contributed by atoms with Crippen LogP contribution in [0.15, 0.2) is 11.6 Å². The minimum Gasteiger partial charge on any atom is -0.454 e. The highest BCUT2D eigenvalue weighted by molar-refractivity contribution is 5.91. The van der Waals surface area contributed by atoms with Gasteiger partial charge in [-0.2, -0.15) is 0 Å². The first-order valence-electron chi connectivity index (χ1n) is 6.64. The van der Waals surface area contributed by atoms with Crippen molar-refractivity contribution in [3.8, 4) is 0 Å². The zero-order valence-corrected chi connectivity index (χ0v) is 12.6. The Bertz CT molecular complexity index is 420. The van der Waals surface area contributed by atoms with E-state index in [0.29, 0.717) is 0 Å². The molecule has 0 aromatic rings. The van der Waals surface area contributed by atoms with Gasteiger partial charge in [-0.3, -0.25) is 9.59 Å². The number of carbonyl (C=O) groups is 2. The molecule has 0 amide bonds. The van der Waals surface area contributed by atoms with Gasteiger partial charge in [0.15, 0.2) is 17.5 Å². The van der Waals surface area contributed by atoms with Crippen LogP contribution in [-0.4, -0.2) is 28.6 Å². The van der Waals surface area contributed by atoms with Gasteiger partial charge in [-0.25, -0.2) is 0 Å². The van der Waals surface area contributed by atoms with E-state index in [-0.39, 0.29) is 18.1 Å². The van der Waals surface area contributed by atoms with Crippen LogP contribution in [0.4, 0.5) is 0 Å². The normalized spacial score (nSPS) is 29.3. The molecular formula is C15H24O4. The Kier molecular flexibility index (Phi) is 4.25. The summed E-state index contributed by atoms with van der Waals surface area (Å²) in [4.78, 5) is 23.7. The lowest BCUT2D eigenvalue weighted by Crippen LogP contribution is -2.57. The second kappa shape index (κ2) is 5.08. The van der Waals surface area contributed by atoms with Gasteiger partial charge in [0.25, 0.3) is 0 Å².